The van der Waals surface area contributed by atoms with Crippen molar-refractivity contribution in [2.24, 2.45) is 11.0 Å². The van der Waals surface area contributed by atoms with Gasteiger partial charge in [0, 0.05) is 17.4 Å². The molecule has 2 aromatic carbocycles. The maximum Gasteiger partial charge on any atom is 0.257 e. The first-order valence-electron chi connectivity index (χ1n) is 9.53. The zero-order valence-corrected chi connectivity index (χ0v) is 15.6. The van der Waals surface area contributed by atoms with Gasteiger partial charge in [0.05, 0.1) is 17.3 Å². The Bertz CT molecular complexity index is 1170. The Morgan fingerprint density at radius 2 is 1.86 bits per heavy atom. The van der Waals surface area contributed by atoms with E-state index in [1.807, 2.05) is 36.4 Å². The lowest BCUT2D eigenvalue weighted by Gasteiger charge is -2.18. The van der Waals surface area contributed by atoms with Gasteiger partial charge in [-0.25, -0.2) is 5.43 Å². The molecule has 1 amide bonds. The number of ether oxygens (including phenoxy) is 2. The third-order valence-electron chi connectivity index (χ3n) is 5.27. The lowest BCUT2D eigenvalue weighted by molar-refractivity contribution is -0.122. The van der Waals surface area contributed by atoms with Gasteiger partial charge in [-0.3, -0.25) is 9.59 Å². The average molecular weight is 389 g/mol. The fraction of sp³-hybridized carbons (Fsp3) is 0.227. The van der Waals surface area contributed by atoms with E-state index >= 15 is 0 Å². The Hall–Kier alpha value is -3.61. The van der Waals surface area contributed by atoms with Gasteiger partial charge < -0.3 is 14.5 Å². The minimum absolute atomic E-state index is 0.0758. The first kappa shape index (κ1) is 17.5. The van der Waals surface area contributed by atoms with Crippen LogP contribution in [-0.2, 0) is 4.79 Å². The third kappa shape index (κ3) is 3.47. The maximum absolute atomic E-state index is 12.3. The molecule has 29 heavy (non-hydrogen) atoms. The number of nitrogens with zero attached hydrogens (tertiary/aromatic N) is 1. The van der Waals surface area contributed by atoms with Gasteiger partial charge in [0.2, 0.25) is 5.91 Å². The summed E-state index contributed by atoms with van der Waals surface area (Å²) in [4.78, 5) is 27.4. The van der Waals surface area contributed by atoms with Crippen molar-refractivity contribution in [1.29, 1.82) is 0 Å². The number of benzene rings is 2. The number of hydrazone groups is 1. The lowest BCUT2D eigenvalue weighted by atomic mass is 10.1. The fourth-order valence-corrected chi connectivity index (χ4v) is 3.66. The van der Waals surface area contributed by atoms with Crippen molar-refractivity contribution < 1.29 is 14.3 Å². The van der Waals surface area contributed by atoms with Gasteiger partial charge in [0.25, 0.3) is 5.56 Å². The molecule has 0 saturated heterocycles. The molecule has 7 nitrogen and oxygen atoms in total. The number of pyridine rings is 1. The molecule has 1 fully saturated rings. The van der Waals surface area contributed by atoms with Gasteiger partial charge >= 0.3 is 0 Å². The highest BCUT2D eigenvalue weighted by Gasteiger charge is 2.43. The monoisotopic (exact) mass is 389 g/mol. The van der Waals surface area contributed by atoms with E-state index in [0.29, 0.717) is 35.8 Å². The van der Waals surface area contributed by atoms with Crippen molar-refractivity contribution in [3.05, 3.63) is 70.0 Å². The van der Waals surface area contributed by atoms with Crippen LogP contribution in [0.15, 0.2) is 58.4 Å². The molecule has 0 radical (unpaired) electrons. The number of aromatic nitrogens is 1. The van der Waals surface area contributed by atoms with Crippen LogP contribution in [0, 0.1) is 5.92 Å². The molecule has 2 aliphatic rings. The predicted molar refractivity (Wildman–Crippen MR) is 109 cm³/mol. The normalized spacial score (nSPS) is 20.0. The van der Waals surface area contributed by atoms with Crippen LogP contribution in [0.3, 0.4) is 0 Å². The second kappa shape index (κ2) is 7.09. The Kier molecular flexibility index (Phi) is 4.27. The van der Waals surface area contributed by atoms with Crippen molar-refractivity contribution in [3.8, 4) is 11.5 Å². The van der Waals surface area contributed by atoms with Crippen LogP contribution in [0.1, 0.15) is 23.5 Å². The van der Waals surface area contributed by atoms with E-state index in [9.17, 15) is 9.59 Å². The molecule has 2 atom stereocenters. The summed E-state index contributed by atoms with van der Waals surface area (Å²) in [6, 6.07) is 15.3. The number of rotatable bonds is 4. The van der Waals surface area contributed by atoms with E-state index in [1.54, 1.807) is 12.1 Å². The zero-order valence-electron chi connectivity index (χ0n) is 15.6. The molecule has 146 valence electrons. The molecule has 2 N–H and O–H groups in total. The summed E-state index contributed by atoms with van der Waals surface area (Å²) in [5, 5.41) is 4.78. The second-order valence-electron chi connectivity index (χ2n) is 7.23. The van der Waals surface area contributed by atoms with E-state index in [1.165, 1.54) is 6.21 Å². The smallest absolute Gasteiger partial charge is 0.257 e. The summed E-state index contributed by atoms with van der Waals surface area (Å²) in [6.45, 7) is 0.979. The molecule has 0 unspecified atom stereocenters. The van der Waals surface area contributed by atoms with E-state index in [-0.39, 0.29) is 23.3 Å². The SMILES string of the molecule is O=C(N/N=C/c1cc2cc3c(cc2[nH]c1=O)OCCO3)[C@@H]1C[C@@H]1c1ccccc1. The van der Waals surface area contributed by atoms with Crippen LogP contribution >= 0.6 is 0 Å². The maximum atomic E-state index is 12.3. The average Bonchev–Trinajstić information content (AvgIpc) is 3.54. The number of carbonyl (C=O) groups is 1. The standard InChI is InChI=1S/C22H19N3O4/c26-21-15(8-14-9-19-20(11-18(14)24-21)29-7-6-28-19)12-23-25-22(27)17-10-16(17)13-4-2-1-3-5-13/h1-5,8-9,11-12,16-17H,6-7,10H2,(H,24,26)(H,25,27)/b23-12+/t16-,17-/m1/s1. The van der Waals surface area contributed by atoms with Crippen molar-refractivity contribution in [1.82, 2.24) is 10.4 Å². The number of aromatic amines is 1. The van der Waals surface area contributed by atoms with Gasteiger partial charge in [-0.05, 0) is 30.0 Å². The summed E-state index contributed by atoms with van der Waals surface area (Å²) in [7, 11) is 0. The Morgan fingerprint density at radius 1 is 1.10 bits per heavy atom. The van der Waals surface area contributed by atoms with Crippen LogP contribution in [0.2, 0.25) is 0 Å². The molecule has 1 aromatic heterocycles. The highest BCUT2D eigenvalue weighted by molar-refractivity contribution is 5.90. The Labute approximate surface area is 166 Å². The molecular formula is C22H19N3O4. The zero-order chi connectivity index (χ0) is 19.8. The molecular weight excluding hydrogens is 370 g/mol. The van der Waals surface area contributed by atoms with E-state index in [0.717, 1.165) is 17.4 Å². The second-order valence-corrected chi connectivity index (χ2v) is 7.23. The minimum atomic E-state index is -0.291. The van der Waals surface area contributed by atoms with E-state index in [2.05, 4.69) is 15.5 Å². The van der Waals surface area contributed by atoms with Crippen LogP contribution in [-0.4, -0.2) is 30.3 Å². The van der Waals surface area contributed by atoms with Crippen LogP contribution in [0.25, 0.3) is 10.9 Å². The van der Waals surface area contributed by atoms with Crippen LogP contribution < -0.4 is 20.5 Å². The summed E-state index contributed by atoms with van der Waals surface area (Å²) >= 11 is 0. The molecule has 3 aromatic rings. The topological polar surface area (TPSA) is 92.8 Å². The van der Waals surface area contributed by atoms with Crippen molar-refractivity contribution in [3.63, 3.8) is 0 Å². The van der Waals surface area contributed by atoms with Gasteiger partial charge in [-0.2, -0.15) is 5.10 Å². The van der Waals surface area contributed by atoms with Gasteiger partial charge in [0.15, 0.2) is 11.5 Å². The predicted octanol–water partition coefficient (Wildman–Crippen LogP) is 2.55. The molecule has 0 bridgehead atoms. The molecule has 1 aliphatic heterocycles. The van der Waals surface area contributed by atoms with Crippen molar-refractivity contribution >= 4 is 23.0 Å². The van der Waals surface area contributed by atoms with Gasteiger partial charge in [-0.1, -0.05) is 30.3 Å². The van der Waals surface area contributed by atoms with Crippen molar-refractivity contribution in [2.45, 2.75) is 12.3 Å². The first-order chi connectivity index (χ1) is 14.2. The van der Waals surface area contributed by atoms with Crippen LogP contribution in [0.4, 0.5) is 0 Å². The Balaban J connectivity index is 1.30. The summed E-state index contributed by atoms with van der Waals surface area (Å²) in [5.41, 5.74) is 4.43. The fourth-order valence-electron chi connectivity index (χ4n) is 3.66. The number of hydrogen-bond acceptors (Lipinski definition) is 5. The number of fused-ring (bicyclic) bond motifs is 2. The summed E-state index contributed by atoms with van der Waals surface area (Å²) in [5.74, 6) is 1.29. The number of nitrogens with one attached hydrogen (secondary N) is 2. The number of amides is 1. The van der Waals surface area contributed by atoms with Gasteiger partial charge in [-0.15, -0.1) is 0 Å². The van der Waals surface area contributed by atoms with Crippen molar-refractivity contribution in [2.75, 3.05) is 13.2 Å². The van der Waals surface area contributed by atoms with E-state index < -0.39 is 0 Å². The molecule has 7 heteroatoms. The number of carbonyl (C=O) groups excluding carboxylic acids is 1. The van der Waals surface area contributed by atoms with Crippen LogP contribution in [0.5, 0.6) is 11.5 Å². The molecule has 5 rings (SSSR count). The highest BCUT2D eigenvalue weighted by atomic mass is 16.6. The summed E-state index contributed by atoms with van der Waals surface area (Å²) in [6.07, 6.45) is 2.18. The third-order valence-corrected chi connectivity index (χ3v) is 5.27. The quantitative estimate of drug-likeness (QED) is 0.530. The Morgan fingerprint density at radius 3 is 2.66 bits per heavy atom. The molecule has 2 heterocycles. The molecule has 1 aliphatic carbocycles. The van der Waals surface area contributed by atoms with Gasteiger partial charge in [0.1, 0.15) is 13.2 Å². The number of hydrogen-bond donors (Lipinski definition) is 2. The summed E-state index contributed by atoms with van der Waals surface area (Å²) < 4.78 is 11.1. The largest absolute Gasteiger partial charge is 0.486 e. The first-order valence-corrected chi connectivity index (χ1v) is 9.53. The number of H-pyrrole nitrogens is 1. The lowest BCUT2D eigenvalue weighted by Crippen LogP contribution is -2.21. The van der Waals surface area contributed by atoms with E-state index in [4.69, 9.17) is 9.47 Å². The molecule has 0 spiro atoms. The minimum Gasteiger partial charge on any atom is -0.486 e. The molecule has 1 saturated carbocycles. The highest BCUT2D eigenvalue weighted by Crippen LogP contribution is 2.47.